The van der Waals surface area contributed by atoms with Crippen molar-refractivity contribution in [1.82, 2.24) is 10.2 Å². The molecule has 0 aromatic heterocycles. The van der Waals surface area contributed by atoms with Gasteiger partial charge in [0, 0.05) is 12.6 Å². The van der Waals surface area contributed by atoms with Gasteiger partial charge in [0.1, 0.15) is 18.3 Å². The molecule has 174 valence electrons. The van der Waals surface area contributed by atoms with Crippen LogP contribution >= 0.6 is 0 Å². The Morgan fingerprint density at radius 1 is 1.00 bits per heavy atom. The van der Waals surface area contributed by atoms with E-state index in [0.717, 1.165) is 16.1 Å². The fraction of sp³-hybridized carbons (Fsp3) is 0.391. The molecule has 0 radical (unpaired) electrons. The van der Waals surface area contributed by atoms with Crippen LogP contribution in [0, 0.1) is 0 Å². The van der Waals surface area contributed by atoms with Crippen molar-refractivity contribution in [2.45, 2.75) is 39.4 Å². The van der Waals surface area contributed by atoms with Crippen molar-refractivity contribution in [2.24, 2.45) is 0 Å². The highest BCUT2D eigenvalue weighted by Crippen LogP contribution is 2.29. The lowest BCUT2D eigenvalue weighted by molar-refractivity contribution is -0.139. The normalized spacial score (nSPS) is 12.2. The average Bonchev–Trinajstić information content (AvgIpc) is 2.74. The second-order valence-electron chi connectivity index (χ2n) is 7.79. The van der Waals surface area contributed by atoms with E-state index in [2.05, 4.69) is 5.32 Å². The van der Waals surface area contributed by atoms with Gasteiger partial charge in [-0.25, -0.2) is 8.42 Å². The molecule has 0 aliphatic heterocycles. The molecule has 0 aliphatic rings. The highest BCUT2D eigenvalue weighted by Gasteiger charge is 2.31. The molecular formula is C23H31N3O5S. The summed E-state index contributed by atoms with van der Waals surface area (Å²) in [6.45, 7) is 5.00. The summed E-state index contributed by atoms with van der Waals surface area (Å²) < 4.78 is 31.5. The van der Waals surface area contributed by atoms with Gasteiger partial charge in [-0.15, -0.1) is 0 Å². The van der Waals surface area contributed by atoms with Crippen LogP contribution in [0.1, 0.15) is 26.3 Å². The highest BCUT2D eigenvalue weighted by molar-refractivity contribution is 7.92. The van der Waals surface area contributed by atoms with E-state index in [-0.39, 0.29) is 24.2 Å². The first-order chi connectivity index (χ1) is 15.0. The van der Waals surface area contributed by atoms with Gasteiger partial charge in [0.25, 0.3) is 0 Å². The van der Waals surface area contributed by atoms with E-state index in [1.165, 1.54) is 12.0 Å². The molecule has 0 spiro atoms. The van der Waals surface area contributed by atoms with E-state index in [9.17, 15) is 18.0 Å². The Hall–Kier alpha value is -3.07. The van der Waals surface area contributed by atoms with Gasteiger partial charge >= 0.3 is 0 Å². The molecule has 0 saturated carbocycles. The van der Waals surface area contributed by atoms with E-state index in [1.54, 1.807) is 31.2 Å². The van der Waals surface area contributed by atoms with Crippen molar-refractivity contribution in [3.63, 3.8) is 0 Å². The lowest BCUT2D eigenvalue weighted by atomic mass is 10.1. The predicted octanol–water partition coefficient (Wildman–Crippen LogP) is 2.40. The van der Waals surface area contributed by atoms with Crippen LogP contribution in [0.25, 0.3) is 0 Å². The van der Waals surface area contributed by atoms with Crippen molar-refractivity contribution >= 4 is 27.5 Å². The fourth-order valence-corrected chi connectivity index (χ4v) is 4.05. The number of anilines is 1. The van der Waals surface area contributed by atoms with Gasteiger partial charge < -0.3 is 15.0 Å². The number of carbonyl (C=O) groups excluding carboxylic acids is 2. The topological polar surface area (TPSA) is 96.0 Å². The molecule has 1 N–H and O–H groups in total. The summed E-state index contributed by atoms with van der Waals surface area (Å²) in [5.74, 6) is -0.491. The maximum Gasteiger partial charge on any atom is 0.244 e. The summed E-state index contributed by atoms with van der Waals surface area (Å²) in [7, 11) is -2.38. The van der Waals surface area contributed by atoms with Gasteiger partial charge in [0.05, 0.1) is 19.1 Å². The third-order valence-electron chi connectivity index (χ3n) is 4.83. The zero-order chi connectivity index (χ0) is 23.9. The van der Waals surface area contributed by atoms with Crippen LogP contribution in [0.5, 0.6) is 5.75 Å². The first-order valence-electron chi connectivity index (χ1n) is 10.3. The number of amides is 2. The van der Waals surface area contributed by atoms with Gasteiger partial charge in [0.2, 0.25) is 21.8 Å². The molecular weight excluding hydrogens is 430 g/mol. The van der Waals surface area contributed by atoms with Crippen molar-refractivity contribution in [3.05, 3.63) is 60.2 Å². The molecule has 1 atom stereocenters. The van der Waals surface area contributed by atoms with E-state index in [4.69, 9.17) is 4.74 Å². The summed E-state index contributed by atoms with van der Waals surface area (Å²) in [5.41, 5.74) is 1.08. The molecule has 0 aliphatic carbocycles. The van der Waals surface area contributed by atoms with Gasteiger partial charge in [0.15, 0.2) is 0 Å². The molecule has 0 fully saturated rings. The highest BCUT2D eigenvalue weighted by atomic mass is 32.2. The molecule has 0 saturated heterocycles. The van der Waals surface area contributed by atoms with E-state index < -0.39 is 28.5 Å². The SMILES string of the molecule is COc1ccccc1N(CC(=O)N(Cc1ccccc1)[C@H](C)C(=O)NC(C)C)S(C)(=O)=O. The molecule has 32 heavy (non-hydrogen) atoms. The first kappa shape index (κ1) is 25.2. The minimum Gasteiger partial charge on any atom is -0.495 e. The zero-order valence-electron chi connectivity index (χ0n) is 19.1. The number of methoxy groups -OCH3 is 1. The Balaban J connectivity index is 2.40. The van der Waals surface area contributed by atoms with E-state index in [1.807, 2.05) is 44.2 Å². The molecule has 2 aromatic rings. The third-order valence-corrected chi connectivity index (χ3v) is 5.95. The van der Waals surface area contributed by atoms with Crippen molar-refractivity contribution in [2.75, 3.05) is 24.2 Å². The standard InChI is InChI=1S/C23H31N3O5S/c1-17(2)24-23(28)18(3)25(15-19-11-7-6-8-12-19)22(27)16-26(32(5,29)30)20-13-9-10-14-21(20)31-4/h6-14,17-18H,15-16H2,1-5H3,(H,24,28)/t18-/m1/s1. The molecule has 0 bridgehead atoms. The number of nitrogens with zero attached hydrogens (tertiary/aromatic N) is 2. The van der Waals surface area contributed by atoms with Crippen LogP contribution in [-0.2, 0) is 26.2 Å². The Kier molecular flexibility index (Phi) is 8.65. The molecule has 0 unspecified atom stereocenters. The quantitative estimate of drug-likeness (QED) is 0.586. The maximum atomic E-state index is 13.4. The molecule has 2 amide bonds. The van der Waals surface area contributed by atoms with Crippen LogP contribution in [0.2, 0.25) is 0 Å². The van der Waals surface area contributed by atoms with Crippen LogP contribution in [0.3, 0.4) is 0 Å². The van der Waals surface area contributed by atoms with Crippen molar-refractivity contribution < 1.29 is 22.7 Å². The Bertz CT molecular complexity index is 1020. The summed E-state index contributed by atoms with van der Waals surface area (Å²) in [4.78, 5) is 27.5. The number of nitrogens with one attached hydrogen (secondary N) is 1. The van der Waals surface area contributed by atoms with Gasteiger partial charge in [-0.3, -0.25) is 13.9 Å². The number of hydrogen-bond acceptors (Lipinski definition) is 5. The first-order valence-corrected chi connectivity index (χ1v) is 12.1. The minimum absolute atomic E-state index is 0.0975. The largest absolute Gasteiger partial charge is 0.495 e. The molecule has 8 nitrogen and oxygen atoms in total. The third kappa shape index (κ3) is 6.71. The predicted molar refractivity (Wildman–Crippen MR) is 125 cm³/mol. The van der Waals surface area contributed by atoms with E-state index in [0.29, 0.717) is 5.75 Å². The second kappa shape index (κ2) is 11.0. The smallest absolute Gasteiger partial charge is 0.244 e. The second-order valence-corrected chi connectivity index (χ2v) is 9.69. The lowest BCUT2D eigenvalue weighted by Crippen LogP contribution is -2.52. The Morgan fingerprint density at radius 3 is 2.16 bits per heavy atom. The van der Waals surface area contributed by atoms with Crippen LogP contribution in [0.15, 0.2) is 54.6 Å². The lowest BCUT2D eigenvalue weighted by Gasteiger charge is -2.32. The van der Waals surface area contributed by atoms with Gasteiger partial charge in [-0.2, -0.15) is 0 Å². The zero-order valence-corrected chi connectivity index (χ0v) is 19.9. The monoisotopic (exact) mass is 461 g/mol. The summed E-state index contributed by atoms with van der Waals surface area (Å²) >= 11 is 0. The van der Waals surface area contributed by atoms with Gasteiger partial charge in [-0.05, 0) is 38.5 Å². The fourth-order valence-electron chi connectivity index (χ4n) is 3.20. The Morgan fingerprint density at radius 2 is 1.59 bits per heavy atom. The summed E-state index contributed by atoms with van der Waals surface area (Å²) in [6.07, 6.45) is 1.03. The average molecular weight is 462 g/mol. The van der Waals surface area contributed by atoms with Crippen molar-refractivity contribution in [3.8, 4) is 5.75 Å². The number of hydrogen-bond donors (Lipinski definition) is 1. The van der Waals surface area contributed by atoms with Crippen molar-refractivity contribution in [1.29, 1.82) is 0 Å². The number of sulfonamides is 1. The van der Waals surface area contributed by atoms with E-state index >= 15 is 0 Å². The number of para-hydroxylation sites is 2. The molecule has 2 aromatic carbocycles. The van der Waals surface area contributed by atoms with Gasteiger partial charge in [-0.1, -0.05) is 42.5 Å². The summed E-state index contributed by atoms with van der Waals surface area (Å²) in [6, 6.07) is 14.9. The number of rotatable bonds is 10. The molecule has 9 heteroatoms. The minimum atomic E-state index is -3.81. The number of ether oxygens (including phenoxy) is 1. The molecule has 2 rings (SSSR count). The number of benzene rings is 2. The molecule has 0 heterocycles. The van der Waals surface area contributed by atoms with Crippen LogP contribution in [-0.4, -0.2) is 57.1 Å². The number of carbonyl (C=O) groups is 2. The Labute approximate surface area is 190 Å². The maximum absolute atomic E-state index is 13.4. The van der Waals surface area contributed by atoms with Crippen LogP contribution < -0.4 is 14.4 Å². The van der Waals surface area contributed by atoms with Crippen LogP contribution in [0.4, 0.5) is 5.69 Å². The summed E-state index contributed by atoms with van der Waals surface area (Å²) in [5, 5.41) is 2.81.